The van der Waals surface area contributed by atoms with Gasteiger partial charge in [0.2, 0.25) is 0 Å². The molecule has 2 rings (SSSR count). The highest BCUT2D eigenvalue weighted by Crippen LogP contribution is 2.30. The van der Waals surface area contributed by atoms with Gasteiger partial charge in [-0.05, 0) is 35.7 Å². The van der Waals surface area contributed by atoms with E-state index in [0.717, 1.165) is 23.5 Å². The smallest absolute Gasteiger partial charge is 0.321 e. The maximum absolute atomic E-state index is 12.4. The van der Waals surface area contributed by atoms with E-state index in [0.29, 0.717) is 9.90 Å². The monoisotopic (exact) mass is 305 g/mol. The van der Waals surface area contributed by atoms with E-state index in [2.05, 4.69) is 5.32 Å². The third kappa shape index (κ3) is 3.27. The van der Waals surface area contributed by atoms with Crippen LogP contribution in [-0.2, 0) is 6.18 Å². The Balaban J connectivity index is 2.12. The van der Waals surface area contributed by atoms with Crippen molar-refractivity contribution in [2.75, 3.05) is 5.32 Å². The first kappa shape index (κ1) is 13.9. The summed E-state index contributed by atoms with van der Waals surface area (Å²) in [6.07, 6.45) is -4.39. The Morgan fingerprint density at radius 2 is 1.79 bits per heavy atom. The zero-order chi connectivity index (χ0) is 14.0. The topological polar surface area (TPSA) is 29.1 Å². The number of carbonyl (C=O) groups excluding carboxylic acids is 1. The molecule has 2 nitrogen and oxygen atoms in total. The van der Waals surface area contributed by atoms with E-state index in [1.165, 1.54) is 12.1 Å². The van der Waals surface area contributed by atoms with Crippen molar-refractivity contribution in [1.82, 2.24) is 0 Å². The molecule has 1 N–H and O–H groups in total. The van der Waals surface area contributed by atoms with Crippen molar-refractivity contribution in [2.45, 2.75) is 6.18 Å². The van der Waals surface area contributed by atoms with Crippen LogP contribution in [0, 0.1) is 0 Å². The van der Waals surface area contributed by atoms with E-state index in [9.17, 15) is 18.0 Å². The summed E-state index contributed by atoms with van der Waals surface area (Å²) >= 11 is 6.95. The van der Waals surface area contributed by atoms with Crippen LogP contribution in [0.2, 0.25) is 5.02 Å². The fourth-order valence-corrected chi connectivity index (χ4v) is 2.42. The van der Waals surface area contributed by atoms with E-state index >= 15 is 0 Å². The number of carbonyl (C=O) groups is 1. The lowest BCUT2D eigenvalue weighted by Crippen LogP contribution is -2.11. The third-order valence-corrected chi connectivity index (χ3v) is 3.63. The van der Waals surface area contributed by atoms with Crippen LogP contribution in [0.25, 0.3) is 0 Å². The molecule has 7 heteroatoms. The van der Waals surface area contributed by atoms with Gasteiger partial charge in [0.05, 0.1) is 10.6 Å². The molecule has 1 heterocycles. The largest absolute Gasteiger partial charge is 0.416 e. The first-order chi connectivity index (χ1) is 8.88. The van der Waals surface area contributed by atoms with E-state index in [-0.39, 0.29) is 5.69 Å². The van der Waals surface area contributed by atoms with Crippen molar-refractivity contribution < 1.29 is 18.0 Å². The summed E-state index contributed by atoms with van der Waals surface area (Å²) in [6.45, 7) is 0. The Hall–Kier alpha value is -1.53. The van der Waals surface area contributed by atoms with Gasteiger partial charge in [0.1, 0.15) is 4.88 Å². The molecule has 0 saturated heterocycles. The van der Waals surface area contributed by atoms with Crippen molar-refractivity contribution in [3.05, 3.63) is 51.2 Å². The van der Waals surface area contributed by atoms with Gasteiger partial charge >= 0.3 is 6.18 Å². The standard InChI is InChI=1S/C12H7ClF3NOS/c13-9-5-6-19-10(9)11(18)17-8-3-1-7(2-4-8)12(14,15)16/h1-6H,(H,17,18). The van der Waals surface area contributed by atoms with Crippen molar-refractivity contribution >= 4 is 34.5 Å². The Labute approximate surface area is 115 Å². The van der Waals surface area contributed by atoms with Gasteiger partial charge in [-0.1, -0.05) is 11.6 Å². The molecule has 0 radical (unpaired) electrons. The quantitative estimate of drug-likeness (QED) is 0.858. The molecule has 0 aliphatic heterocycles. The van der Waals surface area contributed by atoms with Gasteiger partial charge in [-0.25, -0.2) is 0 Å². The molecule has 0 aliphatic rings. The van der Waals surface area contributed by atoms with Gasteiger partial charge in [0, 0.05) is 5.69 Å². The second kappa shape index (κ2) is 5.22. The molecule has 0 saturated carbocycles. The van der Waals surface area contributed by atoms with Crippen molar-refractivity contribution in [1.29, 1.82) is 0 Å². The van der Waals surface area contributed by atoms with Crippen LogP contribution in [0.15, 0.2) is 35.7 Å². The van der Waals surface area contributed by atoms with E-state index in [1.54, 1.807) is 11.4 Å². The highest BCUT2D eigenvalue weighted by molar-refractivity contribution is 7.12. The zero-order valence-electron chi connectivity index (χ0n) is 9.29. The third-order valence-electron chi connectivity index (χ3n) is 2.29. The highest BCUT2D eigenvalue weighted by Gasteiger charge is 2.30. The molecule has 0 fully saturated rings. The van der Waals surface area contributed by atoms with Gasteiger partial charge in [0.15, 0.2) is 0 Å². The summed E-state index contributed by atoms with van der Waals surface area (Å²) in [4.78, 5) is 12.1. The first-order valence-corrected chi connectivity index (χ1v) is 6.35. The second-order valence-corrected chi connectivity index (χ2v) is 4.95. The van der Waals surface area contributed by atoms with Crippen LogP contribution in [0.4, 0.5) is 18.9 Å². The maximum Gasteiger partial charge on any atom is 0.416 e. The number of amides is 1. The number of anilines is 1. The molecule has 0 atom stereocenters. The van der Waals surface area contributed by atoms with Crippen LogP contribution >= 0.6 is 22.9 Å². The maximum atomic E-state index is 12.4. The van der Waals surface area contributed by atoms with E-state index in [4.69, 9.17) is 11.6 Å². The number of hydrogen-bond donors (Lipinski definition) is 1. The minimum Gasteiger partial charge on any atom is -0.321 e. The molecular formula is C12H7ClF3NOS. The molecule has 0 aliphatic carbocycles. The molecule has 0 unspecified atom stereocenters. The Morgan fingerprint density at radius 1 is 1.16 bits per heavy atom. The van der Waals surface area contributed by atoms with Crippen LogP contribution in [0.1, 0.15) is 15.2 Å². The summed E-state index contributed by atoms with van der Waals surface area (Å²) in [5.74, 6) is -0.445. The van der Waals surface area contributed by atoms with Crippen molar-refractivity contribution in [2.24, 2.45) is 0 Å². The van der Waals surface area contributed by atoms with Gasteiger partial charge in [-0.3, -0.25) is 4.79 Å². The van der Waals surface area contributed by atoms with Crippen LogP contribution in [0.3, 0.4) is 0 Å². The van der Waals surface area contributed by atoms with Gasteiger partial charge in [-0.2, -0.15) is 13.2 Å². The predicted molar refractivity (Wildman–Crippen MR) is 68.7 cm³/mol. The first-order valence-electron chi connectivity index (χ1n) is 5.09. The molecule has 1 aromatic carbocycles. The lowest BCUT2D eigenvalue weighted by molar-refractivity contribution is -0.137. The minimum atomic E-state index is -4.39. The minimum absolute atomic E-state index is 0.280. The van der Waals surface area contributed by atoms with Gasteiger partial charge in [-0.15, -0.1) is 11.3 Å². The summed E-state index contributed by atoms with van der Waals surface area (Å²) in [7, 11) is 0. The zero-order valence-corrected chi connectivity index (χ0v) is 10.9. The lowest BCUT2D eigenvalue weighted by Gasteiger charge is -2.08. The second-order valence-electron chi connectivity index (χ2n) is 3.63. The van der Waals surface area contributed by atoms with E-state index < -0.39 is 17.6 Å². The van der Waals surface area contributed by atoms with Crippen molar-refractivity contribution in [3.8, 4) is 0 Å². The fourth-order valence-electron chi connectivity index (χ4n) is 1.39. The summed E-state index contributed by atoms with van der Waals surface area (Å²) in [6, 6.07) is 5.79. The number of hydrogen-bond acceptors (Lipinski definition) is 2. The number of alkyl halides is 3. The summed E-state index contributed by atoms with van der Waals surface area (Å²) in [5, 5.41) is 4.45. The Bertz CT molecular complexity index is 592. The number of thiophene rings is 1. The van der Waals surface area contributed by atoms with Crippen LogP contribution < -0.4 is 5.32 Å². The molecule has 1 aromatic heterocycles. The van der Waals surface area contributed by atoms with Gasteiger partial charge in [0.25, 0.3) is 5.91 Å². The van der Waals surface area contributed by atoms with Crippen LogP contribution in [-0.4, -0.2) is 5.91 Å². The molecule has 0 spiro atoms. The number of rotatable bonds is 2. The van der Waals surface area contributed by atoms with Crippen LogP contribution in [0.5, 0.6) is 0 Å². The number of halogens is 4. The number of benzene rings is 1. The molecule has 1 amide bonds. The number of nitrogens with one attached hydrogen (secondary N) is 1. The SMILES string of the molecule is O=C(Nc1ccc(C(F)(F)F)cc1)c1sccc1Cl. The average Bonchev–Trinajstić information content (AvgIpc) is 2.75. The normalized spacial score (nSPS) is 11.4. The molecule has 100 valence electrons. The summed E-state index contributed by atoms with van der Waals surface area (Å²) in [5.41, 5.74) is -0.484. The van der Waals surface area contributed by atoms with E-state index in [1.807, 2.05) is 0 Å². The lowest BCUT2D eigenvalue weighted by atomic mass is 10.2. The Kier molecular flexibility index (Phi) is 3.82. The molecule has 0 bridgehead atoms. The van der Waals surface area contributed by atoms with Gasteiger partial charge < -0.3 is 5.32 Å². The highest BCUT2D eigenvalue weighted by atomic mass is 35.5. The fraction of sp³-hybridized carbons (Fsp3) is 0.0833. The summed E-state index contributed by atoms with van der Waals surface area (Å²) < 4.78 is 37.1. The van der Waals surface area contributed by atoms with Crippen molar-refractivity contribution in [3.63, 3.8) is 0 Å². The molecular weight excluding hydrogens is 299 g/mol. The molecule has 2 aromatic rings. The Morgan fingerprint density at radius 3 is 2.26 bits per heavy atom. The predicted octanol–water partition coefficient (Wildman–Crippen LogP) is 4.67. The molecule has 19 heavy (non-hydrogen) atoms. The average molecular weight is 306 g/mol.